The minimum absolute atomic E-state index is 0.000847. The molecule has 0 saturated carbocycles. The monoisotopic (exact) mass is 446 g/mol. The molecule has 0 aliphatic carbocycles. The molecule has 2 N–H and O–H groups in total. The molecule has 3 aromatic carbocycles. The topological polar surface area (TPSA) is 93.7 Å². The molecule has 0 bridgehead atoms. The molecule has 0 fully saturated rings. The highest BCUT2D eigenvalue weighted by Gasteiger charge is 2.20. The first kappa shape index (κ1) is 20.6. The van der Waals surface area contributed by atoms with Gasteiger partial charge in [-0.15, -0.1) is 0 Å². The number of carbonyl (C=O) groups excluding carboxylic acids is 1. The van der Waals surface area contributed by atoms with E-state index < -0.39 is 27.6 Å². The van der Waals surface area contributed by atoms with Crippen LogP contribution in [0.4, 0.5) is 20.2 Å². The fourth-order valence-corrected chi connectivity index (χ4v) is 3.97. The van der Waals surface area contributed by atoms with E-state index in [1.165, 1.54) is 42.5 Å². The van der Waals surface area contributed by atoms with E-state index in [-0.39, 0.29) is 16.1 Å². The molecule has 0 atom stereocenters. The second kappa shape index (κ2) is 8.23. The predicted octanol–water partition coefficient (Wildman–Crippen LogP) is 3.79. The van der Waals surface area contributed by atoms with Crippen molar-refractivity contribution in [3.05, 3.63) is 77.9 Å². The van der Waals surface area contributed by atoms with Gasteiger partial charge < -0.3 is 14.8 Å². The van der Waals surface area contributed by atoms with Crippen LogP contribution in [-0.2, 0) is 10.0 Å². The summed E-state index contributed by atoms with van der Waals surface area (Å²) < 4.78 is 65.2. The molecule has 31 heavy (non-hydrogen) atoms. The quantitative estimate of drug-likeness (QED) is 0.622. The summed E-state index contributed by atoms with van der Waals surface area (Å²) in [6, 6.07) is 12.7. The molecule has 4 rings (SSSR count). The van der Waals surface area contributed by atoms with E-state index in [2.05, 4.69) is 10.0 Å². The summed E-state index contributed by atoms with van der Waals surface area (Å²) in [5.74, 6) is -1.71. The van der Waals surface area contributed by atoms with Crippen molar-refractivity contribution in [1.29, 1.82) is 0 Å². The number of ether oxygens (including phenoxy) is 2. The van der Waals surface area contributed by atoms with E-state index in [9.17, 15) is 22.0 Å². The van der Waals surface area contributed by atoms with Crippen LogP contribution in [-0.4, -0.2) is 27.5 Å². The molecule has 1 aliphatic heterocycles. The Kier molecular flexibility index (Phi) is 5.47. The number of carbonyl (C=O) groups is 1. The van der Waals surface area contributed by atoms with E-state index in [0.717, 1.165) is 12.1 Å². The highest BCUT2D eigenvalue weighted by atomic mass is 32.2. The summed E-state index contributed by atoms with van der Waals surface area (Å²) in [6.45, 7) is 0.729. The van der Waals surface area contributed by atoms with Crippen molar-refractivity contribution in [3.63, 3.8) is 0 Å². The number of hydrogen-bond donors (Lipinski definition) is 2. The predicted molar refractivity (Wildman–Crippen MR) is 109 cm³/mol. The number of sulfonamides is 1. The van der Waals surface area contributed by atoms with Crippen LogP contribution in [0, 0.1) is 11.6 Å². The summed E-state index contributed by atoms with van der Waals surface area (Å²) in [4.78, 5) is 12.2. The van der Waals surface area contributed by atoms with Crippen LogP contribution in [0.3, 0.4) is 0 Å². The summed E-state index contributed by atoms with van der Waals surface area (Å²) in [5.41, 5.74) is 0.238. The van der Waals surface area contributed by atoms with Crippen LogP contribution < -0.4 is 19.5 Å². The summed E-state index contributed by atoms with van der Waals surface area (Å²) in [6.07, 6.45) is 0. The van der Waals surface area contributed by atoms with E-state index in [1.807, 2.05) is 0 Å². The van der Waals surface area contributed by atoms with Crippen LogP contribution in [0.25, 0.3) is 0 Å². The Morgan fingerprint density at radius 3 is 2.23 bits per heavy atom. The normalized spacial score (nSPS) is 12.8. The molecule has 0 spiro atoms. The van der Waals surface area contributed by atoms with E-state index in [1.54, 1.807) is 0 Å². The lowest BCUT2D eigenvalue weighted by Gasteiger charge is -2.19. The maximum Gasteiger partial charge on any atom is 0.262 e. The maximum atomic E-state index is 13.7. The Hall–Kier alpha value is -3.66. The molecule has 0 unspecified atom stereocenters. The summed E-state index contributed by atoms with van der Waals surface area (Å²) >= 11 is 0. The van der Waals surface area contributed by atoms with Crippen LogP contribution in [0.2, 0.25) is 0 Å². The lowest BCUT2D eigenvalue weighted by Crippen LogP contribution is -2.17. The highest BCUT2D eigenvalue weighted by Crippen LogP contribution is 2.32. The van der Waals surface area contributed by atoms with Crippen molar-refractivity contribution in [2.75, 3.05) is 23.3 Å². The van der Waals surface area contributed by atoms with Gasteiger partial charge in [-0.3, -0.25) is 9.52 Å². The fraction of sp³-hybridized carbons (Fsp3) is 0.0952. The number of fused-ring (bicyclic) bond motifs is 1. The van der Waals surface area contributed by atoms with Crippen LogP contribution >= 0.6 is 0 Å². The number of benzene rings is 3. The second-order valence-corrected chi connectivity index (χ2v) is 8.25. The first-order valence-corrected chi connectivity index (χ1v) is 10.6. The van der Waals surface area contributed by atoms with Crippen molar-refractivity contribution in [2.24, 2.45) is 0 Å². The number of rotatable bonds is 5. The molecule has 0 radical (unpaired) electrons. The molecule has 1 amide bonds. The maximum absolute atomic E-state index is 13.7. The number of amides is 1. The molecular formula is C21H16F2N2O5S. The van der Waals surface area contributed by atoms with Gasteiger partial charge in [0.15, 0.2) is 11.5 Å². The fourth-order valence-electron chi connectivity index (χ4n) is 2.90. The Labute approximate surface area is 176 Å². The van der Waals surface area contributed by atoms with Gasteiger partial charge in [0.2, 0.25) is 0 Å². The van der Waals surface area contributed by atoms with Gasteiger partial charge in [-0.25, -0.2) is 17.2 Å². The van der Waals surface area contributed by atoms with Crippen LogP contribution in [0.15, 0.2) is 65.6 Å². The minimum Gasteiger partial charge on any atom is -0.486 e. The zero-order valence-corrected chi connectivity index (χ0v) is 16.7. The Bertz CT molecular complexity index is 1250. The largest absolute Gasteiger partial charge is 0.486 e. The molecule has 10 heteroatoms. The molecule has 160 valence electrons. The molecule has 1 heterocycles. The summed E-state index contributed by atoms with van der Waals surface area (Å²) in [5, 5.41) is 2.47. The first-order chi connectivity index (χ1) is 14.8. The molecule has 7 nitrogen and oxygen atoms in total. The zero-order chi connectivity index (χ0) is 22.0. The zero-order valence-electron chi connectivity index (χ0n) is 15.9. The van der Waals surface area contributed by atoms with Crippen molar-refractivity contribution in [1.82, 2.24) is 0 Å². The van der Waals surface area contributed by atoms with E-state index >= 15 is 0 Å². The molecule has 0 saturated heterocycles. The molecule has 3 aromatic rings. The standard InChI is InChI=1S/C21H16F2N2O5S/c22-13-1-7-17(18(23)11-13)21(26)24-14-2-4-15(5-3-14)25-31(27,28)16-6-8-19-20(12-16)30-10-9-29-19/h1-8,11-12,25H,9-10H2,(H,24,26). The number of hydrogen-bond acceptors (Lipinski definition) is 5. The average molecular weight is 446 g/mol. The summed E-state index contributed by atoms with van der Waals surface area (Å²) in [7, 11) is -3.89. The van der Waals surface area contributed by atoms with E-state index in [0.29, 0.717) is 36.5 Å². The lowest BCUT2D eigenvalue weighted by molar-refractivity contribution is 0.102. The van der Waals surface area contributed by atoms with Crippen LogP contribution in [0.5, 0.6) is 11.5 Å². The van der Waals surface area contributed by atoms with Crippen LogP contribution in [0.1, 0.15) is 10.4 Å². The van der Waals surface area contributed by atoms with Gasteiger partial charge >= 0.3 is 0 Å². The van der Waals surface area contributed by atoms with Gasteiger partial charge in [-0.05, 0) is 48.5 Å². The van der Waals surface area contributed by atoms with Gasteiger partial charge in [0.05, 0.1) is 10.5 Å². The SMILES string of the molecule is O=C(Nc1ccc(NS(=O)(=O)c2ccc3c(c2)OCCO3)cc1)c1ccc(F)cc1F. The molecule has 1 aliphatic rings. The highest BCUT2D eigenvalue weighted by molar-refractivity contribution is 7.92. The van der Waals surface area contributed by atoms with Crippen molar-refractivity contribution in [3.8, 4) is 11.5 Å². The van der Waals surface area contributed by atoms with Gasteiger partial charge in [0.1, 0.15) is 24.8 Å². The van der Waals surface area contributed by atoms with Crippen molar-refractivity contribution < 1.29 is 31.5 Å². The van der Waals surface area contributed by atoms with Gasteiger partial charge in [-0.1, -0.05) is 0 Å². The lowest BCUT2D eigenvalue weighted by atomic mass is 10.2. The third-order valence-electron chi connectivity index (χ3n) is 4.39. The van der Waals surface area contributed by atoms with Gasteiger partial charge in [0.25, 0.3) is 15.9 Å². The molecule has 0 aromatic heterocycles. The van der Waals surface area contributed by atoms with Crippen molar-refractivity contribution >= 4 is 27.3 Å². The van der Waals surface area contributed by atoms with E-state index in [4.69, 9.17) is 9.47 Å². The molecular weight excluding hydrogens is 430 g/mol. The number of halogens is 2. The minimum atomic E-state index is -3.89. The first-order valence-electron chi connectivity index (χ1n) is 9.11. The third-order valence-corrected chi connectivity index (χ3v) is 5.77. The Morgan fingerprint density at radius 2 is 1.52 bits per heavy atom. The van der Waals surface area contributed by atoms with Gasteiger partial charge in [-0.2, -0.15) is 0 Å². The Morgan fingerprint density at radius 1 is 0.839 bits per heavy atom. The Balaban J connectivity index is 1.46. The van der Waals surface area contributed by atoms with Crippen molar-refractivity contribution in [2.45, 2.75) is 4.90 Å². The average Bonchev–Trinajstić information content (AvgIpc) is 2.74. The smallest absolute Gasteiger partial charge is 0.262 e. The number of nitrogens with one attached hydrogen (secondary N) is 2. The van der Waals surface area contributed by atoms with Gasteiger partial charge in [0, 0.05) is 23.5 Å². The number of anilines is 2. The third kappa shape index (κ3) is 4.58. The second-order valence-electron chi connectivity index (χ2n) is 6.57.